The molecule has 2 heteroatoms. The largest absolute Gasteiger partial charge is 0.270 e. The molecule has 0 amide bonds. The van der Waals surface area contributed by atoms with Crippen LogP contribution in [0.5, 0.6) is 0 Å². The van der Waals surface area contributed by atoms with Gasteiger partial charge in [0.2, 0.25) is 0 Å². The average Bonchev–Trinajstić information content (AvgIpc) is 2.47. The van der Waals surface area contributed by atoms with E-state index < -0.39 is 0 Å². The molecule has 2 nitrogen and oxygen atoms in total. The van der Waals surface area contributed by atoms with Crippen molar-refractivity contribution in [1.29, 1.82) is 0 Å². The van der Waals surface area contributed by atoms with Crippen LogP contribution in [-0.2, 0) is 13.0 Å². The van der Waals surface area contributed by atoms with Gasteiger partial charge in [-0.1, -0.05) is 13.8 Å². The molecule has 0 aliphatic heterocycles. The van der Waals surface area contributed by atoms with Gasteiger partial charge < -0.3 is 0 Å². The van der Waals surface area contributed by atoms with Crippen molar-refractivity contribution in [2.75, 3.05) is 0 Å². The third-order valence-corrected chi connectivity index (χ3v) is 2.08. The maximum atomic E-state index is 4.23. The van der Waals surface area contributed by atoms with Crippen molar-refractivity contribution in [2.45, 2.75) is 40.2 Å². The summed E-state index contributed by atoms with van der Waals surface area (Å²) in [6.07, 6.45) is 4.30. The van der Waals surface area contributed by atoms with Gasteiger partial charge in [0, 0.05) is 18.4 Å². The summed E-state index contributed by atoms with van der Waals surface area (Å²) in [4.78, 5) is 0. The summed E-state index contributed by atoms with van der Waals surface area (Å²) < 4.78 is 2.07. The molecule has 12 heavy (non-hydrogen) atoms. The third-order valence-electron chi connectivity index (χ3n) is 2.08. The molecule has 1 aromatic rings. The quantitative estimate of drug-likeness (QED) is 0.672. The van der Waals surface area contributed by atoms with Crippen molar-refractivity contribution in [3.8, 4) is 0 Å². The Morgan fingerprint density at radius 1 is 1.50 bits per heavy atom. The molecule has 0 N–H and O–H groups in total. The van der Waals surface area contributed by atoms with E-state index in [2.05, 4.69) is 36.6 Å². The Labute approximate surface area is 74.6 Å². The van der Waals surface area contributed by atoms with E-state index in [0.717, 1.165) is 18.9 Å². The Morgan fingerprint density at radius 3 is 2.83 bits per heavy atom. The molecule has 0 aromatic carbocycles. The van der Waals surface area contributed by atoms with Crippen LogP contribution in [0.3, 0.4) is 0 Å². The zero-order chi connectivity index (χ0) is 8.97. The van der Waals surface area contributed by atoms with E-state index in [1.807, 2.05) is 6.20 Å². The third kappa shape index (κ3) is 2.36. The molecule has 0 atom stereocenters. The van der Waals surface area contributed by atoms with Gasteiger partial charge in [-0.15, -0.1) is 0 Å². The summed E-state index contributed by atoms with van der Waals surface area (Å²) in [5.41, 5.74) is 1.37. The number of nitrogens with zero attached hydrogens (tertiary/aromatic N) is 2. The molecule has 0 saturated carbocycles. The first kappa shape index (κ1) is 9.30. The molecule has 0 spiro atoms. The molecule has 1 rings (SSSR count). The minimum Gasteiger partial charge on any atom is -0.270 e. The lowest BCUT2D eigenvalue weighted by molar-refractivity contribution is 0.548. The Bertz CT molecular complexity index is 225. The van der Waals surface area contributed by atoms with Crippen molar-refractivity contribution in [1.82, 2.24) is 9.78 Å². The van der Waals surface area contributed by atoms with Gasteiger partial charge in [0.1, 0.15) is 0 Å². The second-order valence-electron chi connectivity index (χ2n) is 3.57. The number of aromatic nitrogens is 2. The van der Waals surface area contributed by atoms with Crippen LogP contribution in [0.1, 0.15) is 32.9 Å². The smallest absolute Gasteiger partial charge is 0.0492 e. The highest BCUT2D eigenvalue weighted by molar-refractivity contribution is 5.00. The van der Waals surface area contributed by atoms with Gasteiger partial charge in [-0.25, -0.2) is 0 Å². The lowest BCUT2D eigenvalue weighted by atomic mass is 10.1. The molecule has 0 fully saturated rings. The zero-order valence-electron chi connectivity index (χ0n) is 8.25. The van der Waals surface area contributed by atoms with E-state index in [1.165, 1.54) is 12.1 Å². The second-order valence-corrected chi connectivity index (χ2v) is 3.57. The van der Waals surface area contributed by atoms with Crippen molar-refractivity contribution >= 4 is 0 Å². The standard InChI is InChI=1S/C10H18N2/c1-4-12-10(7-8-11-12)6-5-9(2)3/h7-9H,4-6H2,1-3H3. The fraction of sp³-hybridized carbons (Fsp3) is 0.700. The normalized spacial score (nSPS) is 11.0. The van der Waals surface area contributed by atoms with Crippen LogP contribution in [-0.4, -0.2) is 9.78 Å². The first-order chi connectivity index (χ1) is 5.74. The second kappa shape index (κ2) is 4.29. The number of hydrogen-bond acceptors (Lipinski definition) is 1. The van der Waals surface area contributed by atoms with Crippen molar-refractivity contribution in [3.05, 3.63) is 18.0 Å². The highest BCUT2D eigenvalue weighted by atomic mass is 15.3. The molecule has 0 aliphatic rings. The van der Waals surface area contributed by atoms with E-state index in [-0.39, 0.29) is 0 Å². The molecular formula is C10H18N2. The van der Waals surface area contributed by atoms with Gasteiger partial charge in [-0.3, -0.25) is 4.68 Å². The predicted octanol–water partition coefficient (Wildman–Crippen LogP) is 2.49. The number of rotatable bonds is 4. The molecule has 68 valence electrons. The van der Waals surface area contributed by atoms with E-state index >= 15 is 0 Å². The highest BCUT2D eigenvalue weighted by Crippen LogP contribution is 2.08. The molecular weight excluding hydrogens is 148 g/mol. The minimum absolute atomic E-state index is 0.783. The van der Waals surface area contributed by atoms with Crippen molar-refractivity contribution in [2.24, 2.45) is 5.92 Å². The average molecular weight is 166 g/mol. The van der Waals surface area contributed by atoms with Crippen molar-refractivity contribution in [3.63, 3.8) is 0 Å². The Hall–Kier alpha value is -0.790. The van der Waals surface area contributed by atoms with Gasteiger partial charge in [0.05, 0.1) is 0 Å². The van der Waals surface area contributed by atoms with E-state index in [0.29, 0.717) is 0 Å². The molecule has 0 unspecified atom stereocenters. The highest BCUT2D eigenvalue weighted by Gasteiger charge is 2.01. The molecule has 0 saturated heterocycles. The van der Waals surface area contributed by atoms with Crippen LogP contribution in [0, 0.1) is 5.92 Å². The van der Waals surface area contributed by atoms with Gasteiger partial charge in [-0.05, 0) is 31.7 Å². The maximum absolute atomic E-state index is 4.23. The first-order valence-electron chi connectivity index (χ1n) is 4.74. The van der Waals surface area contributed by atoms with E-state index in [9.17, 15) is 0 Å². The lowest BCUT2D eigenvalue weighted by Crippen LogP contribution is -2.03. The summed E-state index contributed by atoms with van der Waals surface area (Å²) in [6.45, 7) is 7.63. The monoisotopic (exact) mass is 166 g/mol. The maximum Gasteiger partial charge on any atom is 0.0492 e. The van der Waals surface area contributed by atoms with E-state index in [1.54, 1.807) is 0 Å². The van der Waals surface area contributed by atoms with Crippen LogP contribution < -0.4 is 0 Å². The summed E-state index contributed by atoms with van der Waals surface area (Å²) in [6, 6.07) is 2.12. The van der Waals surface area contributed by atoms with Crippen LogP contribution >= 0.6 is 0 Å². The summed E-state index contributed by atoms with van der Waals surface area (Å²) >= 11 is 0. The fourth-order valence-corrected chi connectivity index (χ4v) is 1.29. The van der Waals surface area contributed by atoms with Crippen LogP contribution in [0.15, 0.2) is 12.3 Å². The first-order valence-corrected chi connectivity index (χ1v) is 4.74. The fourth-order valence-electron chi connectivity index (χ4n) is 1.29. The summed E-state index contributed by atoms with van der Waals surface area (Å²) in [7, 11) is 0. The number of aryl methyl sites for hydroxylation is 2. The number of hydrogen-bond donors (Lipinski definition) is 0. The SMILES string of the molecule is CCn1nccc1CCC(C)C. The van der Waals surface area contributed by atoms with Gasteiger partial charge in [0.15, 0.2) is 0 Å². The van der Waals surface area contributed by atoms with Gasteiger partial charge in [0.25, 0.3) is 0 Å². The molecule has 0 radical (unpaired) electrons. The molecule has 0 bridgehead atoms. The predicted molar refractivity (Wildman–Crippen MR) is 51.1 cm³/mol. The van der Waals surface area contributed by atoms with Gasteiger partial charge in [-0.2, -0.15) is 5.10 Å². The Kier molecular flexibility index (Phi) is 3.32. The lowest BCUT2D eigenvalue weighted by Gasteiger charge is -2.06. The van der Waals surface area contributed by atoms with Crippen molar-refractivity contribution < 1.29 is 0 Å². The summed E-state index contributed by atoms with van der Waals surface area (Å²) in [5, 5.41) is 4.23. The summed E-state index contributed by atoms with van der Waals surface area (Å²) in [5.74, 6) is 0.783. The van der Waals surface area contributed by atoms with Crippen LogP contribution in [0.2, 0.25) is 0 Å². The van der Waals surface area contributed by atoms with E-state index in [4.69, 9.17) is 0 Å². The topological polar surface area (TPSA) is 17.8 Å². The Balaban J connectivity index is 2.50. The minimum atomic E-state index is 0.783. The molecule has 1 heterocycles. The Morgan fingerprint density at radius 2 is 2.25 bits per heavy atom. The molecule has 0 aliphatic carbocycles. The zero-order valence-corrected chi connectivity index (χ0v) is 8.25. The van der Waals surface area contributed by atoms with Crippen LogP contribution in [0.4, 0.5) is 0 Å². The molecule has 1 aromatic heterocycles. The van der Waals surface area contributed by atoms with Crippen LogP contribution in [0.25, 0.3) is 0 Å². The van der Waals surface area contributed by atoms with Gasteiger partial charge >= 0.3 is 0 Å².